The smallest absolute Gasteiger partial charge is 0.314 e. The molecule has 0 heterocycles. The molecule has 0 radical (unpaired) electrons. The number of alkyl halides is 1. The summed E-state index contributed by atoms with van der Waals surface area (Å²) in [6.07, 6.45) is 14.6. The summed E-state index contributed by atoms with van der Waals surface area (Å²) in [5, 5.41) is 11.2. The van der Waals surface area contributed by atoms with Crippen LogP contribution in [0.2, 0.25) is 36.3 Å². The first-order chi connectivity index (χ1) is 22.2. The van der Waals surface area contributed by atoms with Crippen molar-refractivity contribution in [2.24, 2.45) is 22.7 Å². The number of aliphatic hydroxyl groups is 1. The number of allylic oxidation sites excluding steroid dienone is 4. The fraction of sp³-hybridized carbons (Fsp3) is 0.829. The van der Waals surface area contributed by atoms with Gasteiger partial charge in [0.2, 0.25) is 0 Å². The Morgan fingerprint density at radius 3 is 1.96 bits per heavy atom. The van der Waals surface area contributed by atoms with Crippen LogP contribution in [0.5, 0.6) is 0 Å². The van der Waals surface area contributed by atoms with E-state index in [0.717, 1.165) is 51.4 Å². The average molecular weight is 721 g/mol. The van der Waals surface area contributed by atoms with Gasteiger partial charge >= 0.3 is 5.97 Å². The van der Waals surface area contributed by atoms with E-state index in [2.05, 4.69) is 86.8 Å². The predicted octanol–water partition coefficient (Wildman–Crippen LogP) is 11.3. The monoisotopic (exact) mass is 720 g/mol. The van der Waals surface area contributed by atoms with Crippen molar-refractivity contribution in [3.63, 3.8) is 0 Å². The van der Waals surface area contributed by atoms with Gasteiger partial charge in [0.15, 0.2) is 16.6 Å². The molecule has 8 heteroatoms. The van der Waals surface area contributed by atoms with Crippen LogP contribution in [0.15, 0.2) is 35.5 Å². The Bertz CT molecular complexity index is 1210. The van der Waals surface area contributed by atoms with E-state index in [-0.39, 0.29) is 40.2 Å². The maximum atomic E-state index is 16.7. The van der Waals surface area contributed by atoms with Gasteiger partial charge < -0.3 is 18.7 Å². The lowest BCUT2D eigenvalue weighted by Gasteiger charge is -2.46. The van der Waals surface area contributed by atoms with Gasteiger partial charge in [-0.1, -0.05) is 77.8 Å². The van der Waals surface area contributed by atoms with E-state index in [1.165, 1.54) is 23.3 Å². The van der Waals surface area contributed by atoms with Gasteiger partial charge in [0, 0.05) is 5.92 Å². The van der Waals surface area contributed by atoms with Gasteiger partial charge in [-0.25, -0.2) is 4.39 Å². The molecule has 0 amide bonds. The van der Waals surface area contributed by atoms with Crippen LogP contribution in [-0.2, 0) is 18.4 Å². The lowest BCUT2D eigenvalue weighted by Crippen LogP contribution is -2.48. The van der Waals surface area contributed by atoms with Crippen LogP contribution in [-0.4, -0.2) is 58.3 Å². The van der Waals surface area contributed by atoms with Crippen LogP contribution in [0, 0.1) is 22.7 Å². The van der Waals surface area contributed by atoms with Gasteiger partial charge in [0.05, 0.1) is 30.3 Å². The van der Waals surface area contributed by atoms with E-state index in [4.69, 9.17) is 13.6 Å². The molecule has 0 aromatic heterocycles. The molecule has 0 spiro atoms. The number of ether oxygens (including phenoxy) is 1. The Hall–Kier alpha value is -1.07. The Balaban J connectivity index is 1.86. The van der Waals surface area contributed by atoms with Crippen molar-refractivity contribution < 1.29 is 27.9 Å². The number of carbonyl (C=O) groups excluding carboxylic acids is 1. The molecule has 7 atom stereocenters. The second-order valence-electron chi connectivity index (χ2n) is 19.7. The number of fused-ring (bicyclic) bond motifs is 1. The third-order valence-electron chi connectivity index (χ3n) is 13.4. The molecule has 0 aromatic rings. The molecule has 0 unspecified atom stereocenters. The van der Waals surface area contributed by atoms with Crippen LogP contribution in [0.3, 0.4) is 0 Å². The minimum atomic E-state index is -1.96. The number of carbonyl (C=O) groups is 1. The third kappa shape index (κ3) is 9.68. The van der Waals surface area contributed by atoms with Crippen LogP contribution >= 0.6 is 0 Å². The highest BCUT2D eigenvalue weighted by atomic mass is 28.4. The molecule has 1 N–H and O–H groups in total. The molecule has 282 valence electrons. The molecule has 0 saturated heterocycles. The first kappa shape index (κ1) is 42.3. The van der Waals surface area contributed by atoms with Crippen LogP contribution < -0.4 is 0 Å². The first-order valence-electron chi connectivity index (χ1n) is 19.2. The molecule has 3 rings (SSSR count). The van der Waals surface area contributed by atoms with E-state index in [9.17, 15) is 9.90 Å². The molecule has 0 bridgehead atoms. The van der Waals surface area contributed by atoms with Crippen LogP contribution in [0.4, 0.5) is 4.39 Å². The zero-order chi connectivity index (χ0) is 37.4. The fourth-order valence-corrected chi connectivity index (χ4v) is 10.8. The number of esters is 1. The topological polar surface area (TPSA) is 65.0 Å². The largest absolute Gasteiger partial charge is 0.465 e. The predicted molar refractivity (Wildman–Crippen MR) is 207 cm³/mol. The first-order valence-corrected chi connectivity index (χ1v) is 25.0. The molecular weight excluding hydrogens is 648 g/mol. The summed E-state index contributed by atoms with van der Waals surface area (Å²) in [5.74, 6) is -0.324. The second kappa shape index (κ2) is 15.1. The summed E-state index contributed by atoms with van der Waals surface area (Å²) in [6.45, 7) is 32.5. The van der Waals surface area contributed by atoms with Crippen LogP contribution in [0.25, 0.3) is 0 Å². The summed E-state index contributed by atoms with van der Waals surface area (Å²) in [4.78, 5) is 12.4. The van der Waals surface area contributed by atoms with Crippen molar-refractivity contribution in [2.75, 3.05) is 6.61 Å². The quantitative estimate of drug-likeness (QED) is 0.131. The molecule has 0 aromatic carbocycles. The Labute approximate surface area is 302 Å². The minimum Gasteiger partial charge on any atom is -0.465 e. The van der Waals surface area contributed by atoms with Gasteiger partial charge in [-0.2, -0.15) is 0 Å². The van der Waals surface area contributed by atoms with Crippen molar-refractivity contribution in [1.82, 2.24) is 0 Å². The highest BCUT2D eigenvalue weighted by Crippen LogP contribution is 2.61. The lowest BCUT2D eigenvalue weighted by atomic mass is 9.60. The minimum absolute atomic E-state index is 0.146. The summed E-state index contributed by atoms with van der Waals surface area (Å²) >= 11 is 0. The SMILES string of the molecule is CCOC(=O)C(C)(C)[C@@H](O)/C=C/[C@@](C)(F)[C@H]1CC[C@H]2/C(=C/C=C3C[C@@H](O[Si](C)(C)C(C)(C)C)C[C@H](O[Si](C)(C)C(C)(C)C)C3)CCC[C@@]21C. The number of halogens is 1. The number of aliphatic hydroxyl groups excluding tert-OH is 1. The van der Waals surface area contributed by atoms with E-state index in [0.29, 0.717) is 5.92 Å². The second-order valence-corrected chi connectivity index (χ2v) is 29.2. The molecular formula is C41H73FO5Si2. The molecule has 3 saturated carbocycles. The molecule has 3 aliphatic rings. The molecule has 5 nitrogen and oxygen atoms in total. The van der Waals surface area contributed by atoms with Crippen molar-refractivity contribution in [3.05, 3.63) is 35.5 Å². The molecule has 3 fully saturated rings. The fourth-order valence-electron chi connectivity index (χ4n) is 8.10. The maximum absolute atomic E-state index is 16.7. The van der Waals surface area contributed by atoms with Gasteiger partial charge in [-0.3, -0.25) is 4.79 Å². The summed E-state index contributed by atoms with van der Waals surface area (Å²) in [5.41, 5.74) is -0.0817. The number of rotatable bonds is 11. The third-order valence-corrected chi connectivity index (χ3v) is 22.4. The van der Waals surface area contributed by atoms with Gasteiger partial charge in [-0.05, 0) is 133 Å². The van der Waals surface area contributed by atoms with E-state index in [1.54, 1.807) is 27.7 Å². The molecule has 0 aliphatic heterocycles. The highest BCUT2D eigenvalue weighted by molar-refractivity contribution is 6.74. The van der Waals surface area contributed by atoms with E-state index >= 15 is 4.39 Å². The number of hydrogen-bond donors (Lipinski definition) is 1. The molecule has 49 heavy (non-hydrogen) atoms. The summed E-state index contributed by atoms with van der Waals surface area (Å²) in [7, 11) is -3.91. The van der Waals surface area contributed by atoms with Crippen LogP contribution in [0.1, 0.15) is 128 Å². The zero-order valence-corrected chi connectivity index (χ0v) is 36.0. The van der Waals surface area contributed by atoms with Gasteiger partial charge in [0.1, 0.15) is 5.67 Å². The van der Waals surface area contributed by atoms with Crippen molar-refractivity contribution in [2.45, 2.75) is 188 Å². The van der Waals surface area contributed by atoms with Crippen molar-refractivity contribution in [1.29, 1.82) is 0 Å². The van der Waals surface area contributed by atoms with Gasteiger partial charge in [-0.15, -0.1) is 0 Å². The zero-order valence-electron chi connectivity index (χ0n) is 34.0. The standard InChI is InChI=1S/C41H73FO5Si2/c1-16-45-36(44)39(8,9)35(43)23-25-41(11,42)34-22-21-33-30(18-17-24-40(33,34)10)20-19-29-26-31(46-48(12,13)37(2,3)4)28-32(27-29)47-49(14,15)38(5,6)7/h19-20,23,25,31-35,43H,16-18,21-22,24,26-28H2,1-15H3/b25-23+,30-20+/t31-,32-,33+,34+,35+,40+,41-/m1/s1. The average Bonchev–Trinajstić information content (AvgIpc) is 3.31. The lowest BCUT2D eigenvalue weighted by molar-refractivity contribution is -0.158. The van der Waals surface area contributed by atoms with Gasteiger partial charge in [0.25, 0.3) is 0 Å². The van der Waals surface area contributed by atoms with E-state index in [1.807, 2.05) is 0 Å². The summed E-state index contributed by atoms with van der Waals surface area (Å²) in [6, 6.07) is 0. The Morgan fingerprint density at radius 2 is 1.47 bits per heavy atom. The normalized spacial score (nSPS) is 30.3. The maximum Gasteiger partial charge on any atom is 0.314 e. The number of hydrogen-bond acceptors (Lipinski definition) is 5. The summed E-state index contributed by atoms with van der Waals surface area (Å²) < 4.78 is 35.9. The van der Waals surface area contributed by atoms with Crippen molar-refractivity contribution in [3.8, 4) is 0 Å². The van der Waals surface area contributed by atoms with E-state index < -0.39 is 39.8 Å². The highest BCUT2D eigenvalue weighted by Gasteiger charge is 2.55. The Morgan fingerprint density at radius 1 is 0.939 bits per heavy atom. The van der Waals surface area contributed by atoms with Crippen molar-refractivity contribution >= 4 is 22.6 Å². The molecule has 3 aliphatic carbocycles. The Kier molecular flexibility index (Phi) is 13.1.